The van der Waals surface area contributed by atoms with Gasteiger partial charge in [0.1, 0.15) is 5.01 Å². The molecule has 0 bridgehead atoms. The van der Waals surface area contributed by atoms with Crippen molar-refractivity contribution in [1.29, 1.82) is 0 Å². The Morgan fingerprint density at radius 3 is 2.80 bits per heavy atom. The zero-order valence-electron chi connectivity index (χ0n) is 12.4. The topological polar surface area (TPSA) is 24.9 Å². The van der Waals surface area contributed by atoms with Gasteiger partial charge in [0.15, 0.2) is 0 Å². The van der Waals surface area contributed by atoms with Crippen LogP contribution in [0.4, 0.5) is 0 Å². The first-order valence-electron chi connectivity index (χ1n) is 7.44. The van der Waals surface area contributed by atoms with E-state index in [0.29, 0.717) is 6.04 Å². The quantitative estimate of drug-likeness (QED) is 0.918. The summed E-state index contributed by atoms with van der Waals surface area (Å²) < 4.78 is 0. The number of aryl methyl sites for hydroxylation is 3. The number of nitrogens with one attached hydrogen (secondary N) is 1. The molecule has 2 nitrogen and oxygen atoms in total. The lowest BCUT2D eigenvalue weighted by Gasteiger charge is -2.20. The summed E-state index contributed by atoms with van der Waals surface area (Å²) in [7, 11) is 0. The fourth-order valence-corrected chi connectivity index (χ4v) is 4.07. The third-order valence-corrected chi connectivity index (χ3v) is 4.96. The highest BCUT2D eigenvalue weighted by atomic mass is 32.1. The summed E-state index contributed by atoms with van der Waals surface area (Å²) in [4.78, 5) is 6.41. The van der Waals surface area contributed by atoms with Crippen molar-refractivity contribution in [2.24, 2.45) is 0 Å². The van der Waals surface area contributed by atoms with E-state index in [-0.39, 0.29) is 6.04 Å². The number of benzene rings is 1. The standard InChI is InChI=1S/C17H22N2S/c1-11(2)18-16(13-7-4-6-12(3)10-13)17-19-14-8-5-9-15(14)20-17/h4,6-7,10-11,16,18H,5,8-9H2,1-3H3. The zero-order valence-corrected chi connectivity index (χ0v) is 13.3. The number of rotatable bonds is 4. The fraction of sp³-hybridized carbons (Fsp3) is 0.471. The van der Waals surface area contributed by atoms with Gasteiger partial charge in [0.05, 0.1) is 11.7 Å². The number of nitrogens with zero attached hydrogens (tertiary/aromatic N) is 1. The minimum atomic E-state index is 0.227. The molecule has 0 spiro atoms. The number of hydrogen-bond donors (Lipinski definition) is 1. The summed E-state index contributed by atoms with van der Waals surface area (Å²) in [6.07, 6.45) is 3.66. The molecule has 0 radical (unpaired) electrons. The molecule has 1 aliphatic rings. The Labute approximate surface area is 125 Å². The monoisotopic (exact) mass is 286 g/mol. The Morgan fingerprint density at radius 1 is 1.25 bits per heavy atom. The van der Waals surface area contributed by atoms with E-state index in [4.69, 9.17) is 4.98 Å². The van der Waals surface area contributed by atoms with Crippen LogP contribution in [0.1, 0.15) is 53.0 Å². The molecule has 106 valence electrons. The van der Waals surface area contributed by atoms with Crippen molar-refractivity contribution in [3.8, 4) is 0 Å². The summed E-state index contributed by atoms with van der Waals surface area (Å²) in [6.45, 7) is 6.55. The molecule has 0 amide bonds. The number of hydrogen-bond acceptors (Lipinski definition) is 3. The number of aromatic nitrogens is 1. The van der Waals surface area contributed by atoms with E-state index in [0.717, 1.165) is 6.42 Å². The first kappa shape index (κ1) is 13.8. The van der Waals surface area contributed by atoms with Gasteiger partial charge in [-0.25, -0.2) is 4.98 Å². The lowest BCUT2D eigenvalue weighted by Crippen LogP contribution is -2.29. The van der Waals surface area contributed by atoms with Crippen LogP contribution in [0.2, 0.25) is 0 Å². The molecule has 0 saturated heterocycles. The molecule has 1 aromatic carbocycles. The molecule has 1 unspecified atom stereocenters. The second-order valence-corrected chi connectivity index (χ2v) is 7.06. The second-order valence-electron chi connectivity index (χ2n) is 5.94. The van der Waals surface area contributed by atoms with Crippen LogP contribution in [-0.2, 0) is 12.8 Å². The van der Waals surface area contributed by atoms with Gasteiger partial charge in [-0.15, -0.1) is 11.3 Å². The van der Waals surface area contributed by atoms with E-state index in [1.54, 1.807) is 0 Å². The lowest BCUT2D eigenvalue weighted by atomic mass is 10.0. The minimum absolute atomic E-state index is 0.227. The summed E-state index contributed by atoms with van der Waals surface area (Å²) in [5, 5.41) is 4.91. The molecule has 2 aromatic rings. The van der Waals surface area contributed by atoms with Gasteiger partial charge in [0, 0.05) is 10.9 Å². The smallest absolute Gasteiger partial charge is 0.115 e. The third kappa shape index (κ3) is 2.79. The summed E-state index contributed by atoms with van der Waals surface area (Å²) in [5.74, 6) is 0. The maximum Gasteiger partial charge on any atom is 0.115 e. The van der Waals surface area contributed by atoms with Gasteiger partial charge >= 0.3 is 0 Å². The van der Waals surface area contributed by atoms with Crippen molar-refractivity contribution < 1.29 is 0 Å². The Bertz CT molecular complexity index is 579. The molecule has 3 rings (SSSR count). The first-order chi connectivity index (χ1) is 9.63. The van der Waals surface area contributed by atoms with Crippen molar-refractivity contribution in [3.63, 3.8) is 0 Å². The third-order valence-electron chi connectivity index (χ3n) is 3.73. The zero-order chi connectivity index (χ0) is 14.1. The van der Waals surface area contributed by atoms with Crippen LogP contribution in [0.3, 0.4) is 0 Å². The van der Waals surface area contributed by atoms with Gasteiger partial charge < -0.3 is 5.32 Å². The molecule has 0 aliphatic heterocycles. The largest absolute Gasteiger partial charge is 0.302 e. The Kier molecular flexibility index (Phi) is 3.90. The van der Waals surface area contributed by atoms with Gasteiger partial charge in [-0.05, 0) is 45.6 Å². The van der Waals surface area contributed by atoms with E-state index in [1.165, 1.54) is 39.5 Å². The molecule has 1 aliphatic carbocycles. The summed E-state index contributed by atoms with van der Waals surface area (Å²) >= 11 is 1.90. The van der Waals surface area contributed by atoms with Crippen molar-refractivity contribution >= 4 is 11.3 Å². The average molecular weight is 286 g/mol. The van der Waals surface area contributed by atoms with Gasteiger partial charge in [0.25, 0.3) is 0 Å². The highest BCUT2D eigenvalue weighted by Gasteiger charge is 2.23. The number of fused-ring (bicyclic) bond motifs is 1. The van der Waals surface area contributed by atoms with Crippen molar-refractivity contribution in [3.05, 3.63) is 51.0 Å². The molecule has 3 heteroatoms. The van der Waals surface area contributed by atoms with Crippen molar-refractivity contribution in [2.75, 3.05) is 0 Å². The minimum Gasteiger partial charge on any atom is -0.302 e. The molecule has 1 heterocycles. The van der Waals surface area contributed by atoms with Crippen LogP contribution in [0.5, 0.6) is 0 Å². The van der Waals surface area contributed by atoms with E-state index >= 15 is 0 Å². The summed E-state index contributed by atoms with van der Waals surface area (Å²) in [6, 6.07) is 9.44. The molecule has 1 atom stereocenters. The van der Waals surface area contributed by atoms with Crippen LogP contribution in [0.15, 0.2) is 24.3 Å². The van der Waals surface area contributed by atoms with Crippen LogP contribution < -0.4 is 5.32 Å². The first-order valence-corrected chi connectivity index (χ1v) is 8.26. The fourth-order valence-electron chi connectivity index (χ4n) is 2.83. The normalized spacial score (nSPS) is 15.6. The maximum absolute atomic E-state index is 4.91. The van der Waals surface area contributed by atoms with Crippen LogP contribution in [0, 0.1) is 6.92 Å². The Morgan fingerprint density at radius 2 is 2.10 bits per heavy atom. The average Bonchev–Trinajstić information content (AvgIpc) is 2.96. The van der Waals surface area contributed by atoms with Gasteiger partial charge in [0.2, 0.25) is 0 Å². The predicted molar refractivity (Wildman–Crippen MR) is 85.4 cm³/mol. The van der Waals surface area contributed by atoms with Crippen molar-refractivity contribution in [2.45, 2.75) is 52.1 Å². The maximum atomic E-state index is 4.91. The van der Waals surface area contributed by atoms with E-state index in [9.17, 15) is 0 Å². The highest BCUT2D eigenvalue weighted by molar-refractivity contribution is 7.11. The molecular formula is C17H22N2S. The molecule has 1 aromatic heterocycles. The molecule has 20 heavy (non-hydrogen) atoms. The Balaban J connectivity index is 1.96. The Hall–Kier alpha value is -1.19. The molecule has 1 N–H and O–H groups in total. The second kappa shape index (κ2) is 5.66. The molecular weight excluding hydrogens is 264 g/mol. The predicted octanol–water partition coefficient (Wildman–Crippen LogP) is 4.03. The van der Waals surface area contributed by atoms with Gasteiger partial charge in [-0.3, -0.25) is 0 Å². The van der Waals surface area contributed by atoms with Crippen LogP contribution in [-0.4, -0.2) is 11.0 Å². The van der Waals surface area contributed by atoms with Gasteiger partial charge in [-0.2, -0.15) is 0 Å². The van der Waals surface area contributed by atoms with E-state index < -0.39 is 0 Å². The number of thiazole rings is 1. The molecule has 0 fully saturated rings. The van der Waals surface area contributed by atoms with Crippen molar-refractivity contribution in [1.82, 2.24) is 10.3 Å². The van der Waals surface area contributed by atoms with E-state index in [2.05, 4.69) is 50.4 Å². The van der Waals surface area contributed by atoms with E-state index in [1.807, 2.05) is 11.3 Å². The van der Waals surface area contributed by atoms with Crippen LogP contribution >= 0.6 is 11.3 Å². The lowest BCUT2D eigenvalue weighted by molar-refractivity contribution is 0.526. The SMILES string of the molecule is Cc1cccc(C(NC(C)C)c2nc3c(s2)CCC3)c1. The van der Waals surface area contributed by atoms with Crippen LogP contribution in [0.25, 0.3) is 0 Å². The highest BCUT2D eigenvalue weighted by Crippen LogP contribution is 2.33. The molecule has 0 saturated carbocycles. The van der Waals surface area contributed by atoms with Gasteiger partial charge in [-0.1, -0.05) is 29.8 Å². The summed E-state index contributed by atoms with van der Waals surface area (Å²) in [5.41, 5.74) is 3.97.